The zero-order chi connectivity index (χ0) is 15.6. The van der Waals surface area contributed by atoms with Crippen molar-refractivity contribution in [1.29, 1.82) is 0 Å². The van der Waals surface area contributed by atoms with E-state index in [-0.39, 0.29) is 5.91 Å². The molecule has 2 rings (SSSR count). The van der Waals surface area contributed by atoms with E-state index in [1.165, 1.54) is 0 Å². The van der Waals surface area contributed by atoms with Crippen molar-refractivity contribution >= 4 is 11.7 Å². The van der Waals surface area contributed by atoms with E-state index in [2.05, 4.69) is 35.3 Å². The van der Waals surface area contributed by atoms with Gasteiger partial charge in [0.1, 0.15) is 11.6 Å². The van der Waals surface area contributed by atoms with Gasteiger partial charge in [-0.05, 0) is 13.8 Å². The smallest absolute Gasteiger partial charge is 0.249 e. The summed E-state index contributed by atoms with van der Waals surface area (Å²) in [7, 11) is 0. The van der Waals surface area contributed by atoms with Crippen LogP contribution in [0.25, 0.3) is 0 Å². The van der Waals surface area contributed by atoms with Crippen LogP contribution in [0.15, 0.2) is 18.2 Å². The highest BCUT2D eigenvalue weighted by Crippen LogP contribution is 2.19. The molecule has 1 saturated heterocycles. The van der Waals surface area contributed by atoms with Gasteiger partial charge in [-0.25, -0.2) is 9.97 Å². The third-order valence-corrected chi connectivity index (χ3v) is 3.63. The highest BCUT2D eigenvalue weighted by Gasteiger charge is 2.22. The SMILES string of the molecule is C=C(C)C(=O)N1CCN(c2cc(C)nc(C(C)C)n2)CC1. The molecule has 0 aromatic carbocycles. The average Bonchev–Trinajstić information content (AvgIpc) is 2.45. The van der Waals surface area contributed by atoms with Gasteiger partial charge in [-0.15, -0.1) is 0 Å². The van der Waals surface area contributed by atoms with Crippen LogP contribution in [0.2, 0.25) is 0 Å². The molecule has 0 bridgehead atoms. The van der Waals surface area contributed by atoms with Gasteiger partial charge in [0.05, 0.1) is 0 Å². The summed E-state index contributed by atoms with van der Waals surface area (Å²) in [6.07, 6.45) is 0. The van der Waals surface area contributed by atoms with Gasteiger partial charge in [0.15, 0.2) is 0 Å². The minimum atomic E-state index is 0.0522. The number of aromatic nitrogens is 2. The van der Waals surface area contributed by atoms with Crippen molar-refractivity contribution in [2.45, 2.75) is 33.6 Å². The second-order valence-corrected chi connectivity index (χ2v) is 5.94. The predicted molar refractivity (Wildman–Crippen MR) is 84.5 cm³/mol. The van der Waals surface area contributed by atoms with Crippen molar-refractivity contribution in [3.05, 3.63) is 29.7 Å². The van der Waals surface area contributed by atoms with Crippen LogP contribution in [0.3, 0.4) is 0 Å². The molecule has 1 aliphatic heterocycles. The maximum atomic E-state index is 11.9. The van der Waals surface area contributed by atoms with Crippen molar-refractivity contribution in [2.75, 3.05) is 31.1 Å². The summed E-state index contributed by atoms with van der Waals surface area (Å²) in [6.45, 7) is 14.7. The number of hydrogen-bond acceptors (Lipinski definition) is 4. The largest absolute Gasteiger partial charge is 0.353 e. The minimum absolute atomic E-state index is 0.0522. The number of carbonyl (C=O) groups is 1. The molecule has 1 aromatic heterocycles. The normalized spacial score (nSPS) is 15.5. The number of hydrogen-bond donors (Lipinski definition) is 0. The van der Waals surface area contributed by atoms with E-state index in [1.54, 1.807) is 6.92 Å². The van der Waals surface area contributed by atoms with E-state index >= 15 is 0 Å². The van der Waals surface area contributed by atoms with Gasteiger partial charge in [-0.2, -0.15) is 0 Å². The monoisotopic (exact) mass is 288 g/mol. The van der Waals surface area contributed by atoms with Crippen LogP contribution in [0.4, 0.5) is 5.82 Å². The summed E-state index contributed by atoms with van der Waals surface area (Å²) in [5.41, 5.74) is 1.59. The van der Waals surface area contributed by atoms with E-state index in [0.717, 1.165) is 30.4 Å². The second-order valence-electron chi connectivity index (χ2n) is 5.94. The number of aryl methyl sites for hydroxylation is 1. The molecule has 0 aliphatic carbocycles. The van der Waals surface area contributed by atoms with E-state index < -0.39 is 0 Å². The maximum absolute atomic E-state index is 11.9. The molecule has 2 heterocycles. The van der Waals surface area contributed by atoms with E-state index in [9.17, 15) is 4.79 Å². The summed E-state index contributed by atoms with van der Waals surface area (Å²) in [5, 5.41) is 0. The molecule has 114 valence electrons. The van der Waals surface area contributed by atoms with Crippen LogP contribution >= 0.6 is 0 Å². The van der Waals surface area contributed by atoms with Crippen LogP contribution in [0.5, 0.6) is 0 Å². The van der Waals surface area contributed by atoms with Crippen LogP contribution in [-0.4, -0.2) is 47.0 Å². The predicted octanol–water partition coefficient (Wildman–Crippen LogP) is 2.13. The summed E-state index contributed by atoms with van der Waals surface area (Å²) in [4.78, 5) is 25.1. The fourth-order valence-corrected chi connectivity index (χ4v) is 2.40. The standard InChI is InChI=1S/C16H24N4O/c1-11(2)15-17-13(5)10-14(18-15)19-6-8-20(9-7-19)16(21)12(3)4/h10-11H,3,6-9H2,1-2,4-5H3. The molecule has 1 amide bonds. The summed E-state index contributed by atoms with van der Waals surface area (Å²) < 4.78 is 0. The lowest BCUT2D eigenvalue weighted by Crippen LogP contribution is -2.49. The molecule has 1 fully saturated rings. The van der Waals surface area contributed by atoms with Gasteiger partial charge >= 0.3 is 0 Å². The van der Waals surface area contributed by atoms with E-state index in [0.29, 0.717) is 24.6 Å². The molecule has 0 atom stereocenters. The minimum Gasteiger partial charge on any atom is -0.353 e. The Labute approximate surface area is 126 Å². The summed E-state index contributed by atoms with van der Waals surface area (Å²) in [6, 6.07) is 2.02. The van der Waals surface area contributed by atoms with Crippen LogP contribution in [-0.2, 0) is 4.79 Å². The quantitative estimate of drug-likeness (QED) is 0.800. The Balaban J connectivity index is 2.09. The molecule has 0 radical (unpaired) electrons. The summed E-state index contributed by atoms with van der Waals surface area (Å²) in [5.74, 6) is 2.21. The van der Waals surface area contributed by atoms with Crippen LogP contribution in [0, 0.1) is 6.92 Å². The number of anilines is 1. The molecule has 0 unspecified atom stereocenters. The molecule has 1 aromatic rings. The third-order valence-electron chi connectivity index (χ3n) is 3.63. The van der Waals surface area contributed by atoms with Gasteiger partial charge in [-0.1, -0.05) is 20.4 Å². The number of nitrogens with zero attached hydrogens (tertiary/aromatic N) is 4. The lowest BCUT2D eigenvalue weighted by atomic mass is 10.2. The Morgan fingerprint density at radius 2 is 1.86 bits per heavy atom. The van der Waals surface area contributed by atoms with Gasteiger partial charge in [0.25, 0.3) is 0 Å². The highest BCUT2D eigenvalue weighted by atomic mass is 16.2. The fraction of sp³-hybridized carbons (Fsp3) is 0.562. The topological polar surface area (TPSA) is 49.3 Å². The van der Waals surface area contributed by atoms with Gasteiger partial charge in [0.2, 0.25) is 5.91 Å². The zero-order valence-electron chi connectivity index (χ0n) is 13.4. The molecular formula is C16H24N4O. The maximum Gasteiger partial charge on any atom is 0.249 e. The van der Waals surface area contributed by atoms with Crippen molar-refractivity contribution in [3.8, 4) is 0 Å². The first-order valence-corrected chi connectivity index (χ1v) is 7.43. The number of carbonyl (C=O) groups excluding carboxylic acids is 1. The Morgan fingerprint density at radius 3 is 2.38 bits per heavy atom. The molecule has 21 heavy (non-hydrogen) atoms. The summed E-state index contributed by atoms with van der Waals surface area (Å²) >= 11 is 0. The number of amides is 1. The van der Waals surface area contributed by atoms with Crippen LogP contribution < -0.4 is 4.90 Å². The molecule has 0 N–H and O–H groups in total. The molecule has 5 nitrogen and oxygen atoms in total. The molecule has 0 saturated carbocycles. The van der Waals surface area contributed by atoms with Gasteiger partial charge in [0, 0.05) is 49.4 Å². The Hall–Kier alpha value is -1.91. The van der Waals surface area contributed by atoms with E-state index in [4.69, 9.17) is 0 Å². The average molecular weight is 288 g/mol. The molecular weight excluding hydrogens is 264 g/mol. The molecule has 1 aliphatic rings. The fourth-order valence-electron chi connectivity index (χ4n) is 2.40. The Bertz CT molecular complexity index is 545. The van der Waals surface area contributed by atoms with Crippen molar-refractivity contribution in [2.24, 2.45) is 0 Å². The first kappa shape index (κ1) is 15.5. The number of piperazine rings is 1. The van der Waals surface area contributed by atoms with Crippen molar-refractivity contribution in [1.82, 2.24) is 14.9 Å². The van der Waals surface area contributed by atoms with Crippen molar-refractivity contribution < 1.29 is 4.79 Å². The highest BCUT2D eigenvalue weighted by molar-refractivity contribution is 5.92. The zero-order valence-corrected chi connectivity index (χ0v) is 13.4. The van der Waals surface area contributed by atoms with Crippen molar-refractivity contribution in [3.63, 3.8) is 0 Å². The second kappa shape index (κ2) is 6.24. The van der Waals surface area contributed by atoms with Gasteiger partial charge in [-0.3, -0.25) is 4.79 Å². The Morgan fingerprint density at radius 1 is 1.24 bits per heavy atom. The number of rotatable bonds is 3. The van der Waals surface area contributed by atoms with Crippen LogP contribution in [0.1, 0.15) is 38.2 Å². The van der Waals surface area contributed by atoms with E-state index in [1.807, 2.05) is 17.9 Å². The third kappa shape index (κ3) is 3.60. The lowest BCUT2D eigenvalue weighted by Gasteiger charge is -2.35. The van der Waals surface area contributed by atoms with Gasteiger partial charge < -0.3 is 9.80 Å². The first-order chi connectivity index (χ1) is 9.88. The molecule has 5 heteroatoms. The first-order valence-electron chi connectivity index (χ1n) is 7.43. The Kier molecular flexibility index (Phi) is 4.60. The lowest BCUT2D eigenvalue weighted by molar-refractivity contribution is -0.127. The molecule has 0 spiro atoms.